The summed E-state index contributed by atoms with van der Waals surface area (Å²) in [4.78, 5) is 17.5. The Kier molecular flexibility index (Phi) is 7.73. The lowest BCUT2D eigenvalue weighted by Gasteiger charge is -2.33. The molecule has 2 saturated heterocycles. The summed E-state index contributed by atoms with van der Waals surface area (Å²) in [6, 6.07) is 4.96. The maximum Gasteiger partial charge on any atom is 0.256 e. The van der Waals surface area contributed by atoms with Gasteiger partial charge in [0.2, 0.25) is 10.0 Å². The molecule has 28 heavy (non-hydrogen) atoms. The number of carbonyl (C=O) groups is 1. The van der Waals surface area contributed by atoms with E-state index >= 15 is 0 Å². The number of carbonyl (C=O) groups excluding carboxylic acids is 1. The van der Waals surface area contributed by atoms with E-state index in [1.807, 2.05) is 4.90 Å². The molecule has 0 aliphatic carbocycles. The van der Waals surface area contributed by atoms with Crippen LogP contribution in [-0.2, 0) is 10.0 Å². The van der Waals surface area contributed by atoms with E-state index in [9.17, 15) is 13.2 Å². The molecular weight excluding hydrogens is 400 g/mol. The van der Waals surface area contributed by atoms with E-state index in [1.54, 1.807) is 18.2 Å². The van der Waals surface area contributed by atoms with Gasteiger partial charge in [0.25, 0.3) is 5.91 Å². The number of piperidine rings is 1. The highest BCUT2D eigenvalue weighted by Crippen LogP contribution is 2.30. The molecular formula is C19H31ClN4O3S. The van der Waals surface area contributed by atoms with Crippen molar-refractivity contribution in [3.8, 4) is 0 Å². The van der Waals surface area contributed by atoms with Crippen molar-refractivity contribution < 1.29 is 13.2 Å². The van der Waals surface area contributed by atoms with Gasteiger partial charge in [0, 0.05) is 46.0 Å². The fourth-order valence-corrected chi connectivity index (χ4v) is 4.76. The Morgan fingerprint density at radius 3 is 2.29 bits per heavy atom. The lowest BCUT2D eigenvalue weighted by atomic mass is 9.96. The van der Waals surface area contributed by atoms with Crippen molar-refractivity contribution in [3.05, 3.63) is 23.8 Å². The Bertz CT molecular complexity index is 786. The van der Waals surface area contributed by atoms with Crippen LogP contribution < -0.4 is 10.6 Å². The first-order valence-electron chi connectivity index (χ1n) is 9.65. The minimum Gasteiger partial charge on any atom is -0.371 e. The number of amides is 1. The quantitative estimate of drug-likeness (QED) is 0.769. The summed E-state index contributed by atoms with van der Waals surface area (Å²) < 4.78 is 26.3. The smallest absolute Gasteiger partial charge is 0.256 e. The number of hydrogen-bond donors (Lipinski definition) is 1. The normalized spacial score (nSPS) is 18.4. The summed E-state index contributed by atoms with van der Waals surface area (Å²) in [5, 5.41) is 0. The molecule has 0 radical (unpaired) electrons. The molecule has 0 unspecified atom stereocenters. The number of hydrogen-bond acceptors (Lipinski definition) is 5. The van der Waals surface area contributed by atoms with E-state index in [0.717, 1.165) is 44.5 Å². The van der Waals surface area contributed by atoms with E-state index in [0.29, 0.717) is 31.1 Å². The van der Waals surface area contributed by atoms with Gasteiger partial charge in [-0.2, -0.15) is 0 Å². The summed E-state index contributed by atoms with van der Waals surface area (Å²) in [6.07, 6.45) is 3.98. The average Bonchev–Trinajstić information content (AvgIpc) is 3.21. The second kappa shape index (κ2) is 9.43. The van der Waals surface area contributed by atoms with Crippen LogP contribution in [0.2, 0.25) is 0 Å². The second-order valence-electron chi connectivity index (χ2n) is 7.63. The van der Waals surface area contributed by atoms with Crippen molar-refractivity contribution in [1.82, 2.24) is 9.21 Å². The molecule has 2 fully saturated rings. The molecule has 7 nitrogen and oxygen atoms in total. The molecule has 2 heterocycles. The number of sulfonamides is 1. The maximum atomic E-state index is 13.3. The van der Waals surface area contributed by atoms with Crippen LogP contribution in [-0.4, -0.2) is 70.3 Å². The standard InChI is InChI=1S/C19H30N4O3S.ClH/c1-21(2)27(25,26)16-5-6-18(22-9-3-4-10-22)17(13-16)19(24)23-11-7-15(14-20)8-12-23;/h5-6,13,15H,3-4,7-12,14,20H2,1-2H3;1H. The highest BCUT2D eigenvalue weighted by Gasteiger charge is 2.29. The van der Waals surface area contributed by atoms with Crippen LogP contribution in [0.3, 0.4) is 0 Å². The molecule has 0 saturated carbocycles. The van der Waals surface area contributed by atoms with Crippen molar-refractivity contribution in [2.45, 2.75) is 30.6 Å². The molecule has 1 aromatic rings. The fraction of sp³-hybridized carbons (Fsp3) is 0.632. The minimum atomic E-state index is -3.59. The Hall–Kier alpha value is -1.35. The SMILES string of the molecule is CN(C)S(=O)(=O)c1ccc(N2CCCC2)c(C(=O)N2CCC(CN)CC2)c1.Cl. The maximum absolute atomic E-state index is 13.3. The van der Waals surface area contributed by atoms with Gasteiger partial charge < -0.3 is 15.5 Å². The zero-order valence-corrected chi connectivity index (χ0v) is 18.3. The van der Waals surface area contributed by atoms with Gasteiger partial charge in [-0.3, -0.25) is 4.79 Å². The Balaban J connectivity index is 0.00000280. The van der Waals surface area contributed by atoms with Gasteiger partial charge in [0.1, 0.15) is 0 Å². The molecule has 158 valence electrons. The van der Waals surface area contributed by atoms with Crippen LogP contribution >= 0.6 is 12.4 Å². The van der Waals surface area contributed by atoms with Gasteiger partial charge in [-0.25, -0.2) is 12.7 Å². The Morgan fingerprint density at radius 1 is 1.14 bits per heavy atom. The van der Waals surface area contributed by atoms with Crippen LogP contribution in [0, 0.1) is 5.92 Å². The van der Waals surface area contributed by atoms with Crippen molar-refractivity contribution >= 4 is 34.0 Å². The first-order valence-corrected chi connectivity index (χ1v) is 11.1. The Morgan fingerprint density at radius 2 is 1.75 bits per heavy atom. The summed E-state index contributed by atoms with van der Waals surface area (Å²) in [7, 11) is -0.584. The second-order valence-corrected chi connectivity index (χ2v) is 9.78. The molecule has 0 atom stereocenters. The highest BCUT2D eigenvalue weighted by atomic mass is 35.5. The van der Waals surface area contributed by atoms with Crippen molar-refractivity contribution in [2.24, 2.45) is 11.7 Å². The largest absolute Gasteiger partial charge is 0.371 e. The number of halogens is 1. The van der Waals surface area contributed by atoms with Crippen molar-refractivity contribution in [2.75, 3.05) is 51.7 Å². The van der Waals surface area contributed by atoms with Crippen LogP contribution in [0.5, 0.6) is 0 Å². The van der Waals surface area contributed by atoms with Crippen LogP contribution in [0.15, 0.2) is 23.1 Å². The number of nitrogens with two attached hydrogens (primary N) is 1. The molecule has 1 aromatic carbocycles. The zero-order valence-electron chi connectivity index (χ0n) is 16.6. The topological polar surface area (TPSA) is 87.0 Å². The summed E-state index contributed by atoms with van der Waals surface area (Å²) in [6.45, 7) is 3.79. The lowest BCUT2D eigenvalue weighted by Crippen LogP contribution is -2.40. The molecule has 3 rings (SSSR count). The fourth-order valence-electron chi connectivity index (χ4n) is 3.83. The number of benzene rings is 1. The summed E-state index contributed by atoms with van der Waals surface area (Å²) in [5.41, 5.74) is 7.09. The number of rotatable bonds is 5. The molecule has 0 bridgehead atoms. The third-order valence-electron chi connectivity index (χ3n) is 5.66. The van der Waals surface area contributed by atoms with E-state index in [-0.39, 0.29) is 23.2 Å². The minimum absolute atomic E-state index is 0. The Labute approximate surface area is 174 Å². The molecule has 0 aromatic heterocycles. The lowest BCUT2D eigenvalue weighted by molar-refractivity contribution is 0.0694. The van der Waals surface area contributed by atoms with Crippen molar-refractivity contribution in [1.29, 1.82) is 0 Å². The average molecular weight is 431 g/mol. The number of likely N-dealkylation sites (tertiary alicyclic amines) is 1. The molecule has 2 aliphatic rings. The van der Waals surface area contributed by atoms with E-state index in [2.05, 4.69) is 4.90 Å². The van der Waals surface area contributed by atoms with Gasteiger partial charge in [-0.1, -0.05) is 0 Å². The van der Waals surface area contributed by atoms with Crippen LogP contribution in [0.25, 0.3) is 0 Å². The highest BCUT2D eigenvalue weighted by molar-refractivity contribution is 7.89. The first-order chi connectivity index (χ1) is 12.8. The summed E-state index contributed by atoms with van der Waals surface area (Å²) in [5.74, 6) is 0.385. The molecule has 0 spiro atoms. The third kappa shape index (κ3) is 4.62. The van der Waals surface area contributed by atoms with Gasteiger partial charge in [-0.05, 0) is 56.3 Å². The van der Waals surface area contributed by atoms with Crippen LogP contribution in [0.4, 0.5) is 5.69 Å². The molecule has 9 heteroatoms. The van der Waals surface area contributed by atoms with Gasteiger partial charge in [0.15, 0.2) is 0 Å². The van der Waals surface area contributed by atoms with Crippen LogP contribution in [0.1, 0.15) is 36.0 Å². The first kappa shape index (κ1) is 22.9. The van der Waals surface area contributed by atoms with Gasteiger partial charge in [0.05, 0.1) is 10.5 Å². The third-order valence-corrected chi connectivity index (χ3v) is 7.47. The number of anilines is 1. The molecule has 1 amide bonds. The van der Waals surface area contributed by atoms with Gasteiger partial charge in [-0.15, -0.1) is 12.4 Å². The zero-order chi connectivity index (χ0) is 19.6. The van der Waals surface area contributed by atoms with E-state index in [1.165, 1.54) is 18.4 Å². The van der Waals surface area contributed by atoms with E-state index in [4.69, 9.17) is 5.73 Å². The monoisotopic (exact) mass is 430 g/mol. The predicted octanol–water partition coefficient (Wildman–Crippen LogP) is 1.77. The van der Waals surface area contributed by atoms with Gasteiger partial charge >= 0.3 is 0 Å². The molecule has 2 aliphatic heterocycles. The molecule has 2 N–H and O–H groups in total. The number of nitrogens with zero attached hydrogens (tertiary/aromatic N) is 3. The van der Waals surface area contributed by atoms with Crippen molar-refractivity contribution in [3.63, 3.8) is 0 Å². The predicted molar refractivity (Wildman–Crippen MR) is 114 cm³/mol. The summed E-state index contributed by atoms with van der Waals surface area (Å²) >= 11 is 0. The van der Waals surface area contributed by atoms with E-state index < -0.39 is 10.0 Å².